The van der Waals surface area contributed by atoms with Gasteiger partial charge in [0.05, 0.1) is 13.3 Å². The molecule has 0 spiro atoms. The number of hydrogen-bond donors (Lipinski definition) is 0. The Bertz CT molecular complexity index is 605. The predicted molar refractivity (Wildman–Crippen MR) is 69.0 cm³/mol. The van der Waals surface area contributed by atoms with Crippen molar-refractivity contribution in [2.75, 3.05) is 7.11 Å². The maximum atomic E-state index is 13.2. The van der Waals surface area contributed by atoms with Crippen molar-refractivity contribution in [3.8, 4) is 5.75 Å². The van der Waals surface area contributed by atoms with Gasteiger partial charge >= 0.3 is 0 Å². The summed E-state index contributed by atoms with van der Waals surface area (Å²) in [4.78, 5) is 12.5. The molecule has 1 aromatic heterocycles. The Morgan fingerprint density at radius 2 is 2.16 bits per heavy atom. The van der Waals surface area contributed by atoms with E-state index in [4.69, 9.17) is 4.74 Å². The average molecular weight is 262 g/mol. The van der Waals surface area contributed by atoms with Crippen LogP contribution in [-0.2, 0) is 0 Å². The molecule has 1 heterocycles. The maximum absolute atomic E-state index is 13.2. The molecule has 0 saturated carbocycles. The SMILES string of the molecule is COc1cnn(C(C)C)c1C(=O)c1cccc(F)c1. The summed E-state index contributed by atoms with van der Waals surface area (Å²) in [7, 11) is 1.48. The van der Waals surface area contributed by atoms with Crippen molar-refractivity contribution in [2.24, 2.45) is 0 Å². The van der Waals surface area contributed by atoms with Crippen LogP contribution in [0, 0.1) is 5.82 Å². The molecule has 2 aromatic rings. The zero-order valence-corrected chi connectivity index (χ0v) is 11.1. The first-order chi connectivity index (χ1) is 9.04. The highest BCUT2D eigenvalue weighted by Gasteiger charge is 2.22. The number of ether oxygens (including phenoxy) is 1. The molecular formula is C14H15FN2O2. The summed E-state index contributed by atoms with van der Waals surface area (Å²) in [6.07, 6.45) is 1.49. The van der Waals surface area contributed by atoms with Crippen LogP contribution in [0.15, 0.2) is 30.5 Å². The van der Waals surface area contributed by atoms with Crippen LogP contribution in [0.3, 0.4) is 0 Å². The van der Waals surface area contributed by atoms with Crippen molar-refractivity contribution in [1.82, 2.24) is 9.78 Å². The van der Waals surface area contributed by atoms with E-state index >= 15 is 0 Å². The molecule has 5 heteroatoms. The molecule has 0 aliphatic carbocycles. The smallest absolute Gasteiger partial charge is 0.214 e. The molecule has 0 aliphatic rings. The van der Waals surface area contributed by atoms with Gasteiger partial charge in [0.2, 0.25) is 5.78 Å². The fourth-order valence-corrected chi connectivity index (χ4v) is 1.87. The molecule has 19 heavy (non-hydrogen) atoms. The highest BCUT2D eigenvalue weighted by molar-refractivity contribution is 6.09. The second-order valence-electron chi connectivity index (χ2n) is 4.44. The molecule has 0 saturated heterocycles. The summed E-state index contributed by atoms with van der Waals surface area (Å²) >= 11 is 0. The van der Waals surface area contributed by atoms with Crippen molar-refractivity contribution >= 4 is 5.78 Å². The molecule has 1 aromatic carbocycles. The van der Waals surface area contributed by atoms with Gasteiger partial charge in [-0.15, -0.1) is 0 Å². The fraction of sp³-hybridized carbons (Fsp3) is 0.286. The van der Waals surface area contributed by atoms with Crippen molar-refractivity contribution < 1.29 is 13.9 Å². The third-order valence-electron chi connectivity index (χ3n) is 2.77. The molecule has 2 rings (SSSR count). The van der Waals surface area contributed by atoms with E-state index in [0.29, 0.717) is 11.4 Å². The lowest BCUT2D eigenvalue weighted by atomic mass is 10.1. The molecule has 0 N–H and O–H groups in total. The minimum atomic E-state index is -0.444. The molecule has 0 unspecified atom stereocenters. The normalized spacial score (nSPS) is 10.8. The van der Waals surface area contributed by atoms with E-state index in [9.17, 15) is 9.18 Å². The predicted octanol–water partition coefficient (Wildman–Crippen LogP) is 2.84. The standard InChI is InChI=1S/C14H15FN2O2/c1-9(2)17-13(12(19-3)8-16-17)14(18)10-5-4-6-11(15)7-10/h4-9H,1-3H3. The van der Waals surface area contributed by atoms with Gasteiger partial charge in [0.1, 0.15) is 5.82 Å². The van der Waals surface area contributed by atoms with Gasteiger partial charge in [-0.25, -0.2) is 4.39 Å². The quantitative estimate of drug-likeness (QED) is 0.796. The van der Waals surface area contributed by atoms with Crippen molar-refractivity contribution in [2.45, 2.75) is 19.9 Å². The van der Waals surface area contributed by atoms with Crippen LogP contribution in [0.25, 0.3) is 0 Å². The van der Waals surface area contributed by atoms with Crippen LogP contribution >= 0.6 is 0 Å². The molecule has 0 atom stereocenters. The van der Waals surface area contributed by atoms with E-state index < -0.39 is 5.82 Å². The molecule has 0 amide bonds. The number of carbonyl (C=O) groups excluding carboxylic acids is 1. The number of hydrogen-bond acceptors (Lipinski definition) is 3. The minimum absolute atomic E-state index is 0.0106. The largest absolute Gasteiger partial charge is 0.493 e. The van der Waals surface area contributed by atoms with Crippen molar-refractivity contribution in [3.05, 3.63) is 47.5 Å². The minimum Gasteiger partial charge on any atom is -0.493 e. The number of benzene rings is 1. The van der Waals surface area contributed by atoms with Crippen LogP contribution in [0.2, 0.25) is 0 Å². The number of carbonyl (C=O) groups is 1. The van der Waals surface area contributed by atoms with Gasteiger partial charge in [-0.05, 0) is 26.0 Å². The molecule has 0 aliphatic heterocycles. The van der Waals surface area contributed by atoms with Gasteiger partial charge in [-0.1, -0.05) is 12.1 Å². The van der Waals surface area contributed by atoms with Crippen LogP contribution in [0.5, 0.6) is 5.75 Å². The lowest BCUT2D eigenvalue weighted by Gasteiger charge is -2.11. The monoisotopic (exact) mass is 262 g/mol. The second kappa shape index (κ2) is 5.22. The van der Waals surface area contributed by atoms with Crippen LogP contribution < -0.4 is 4.74 Å². The van der Waals surface area contributed by atoms with Gasteiger partial charge in [-0.2, -0.15) is 5.10 Å². The summed E-state index contributed by atoms with van der Waals surface area (Å²) in [6.45, 7) is 3.82. The number of aromatic nitrogens is 2. The molecule has 0 bridgehead atoms. The Morgan fingerprint density at radius 3 is 2.74 bits per heavy atom. The van der Waals surface area contributed by atoms with Gasteiger partial charge in [0.15, 0.2) is 11.4 Å². The number of ketones is 1. The zero-order valence-electron chi connectivity index (χ0n) is 11.1. The average Bonchev–Trinajstić information content (AvgIpc) is 2.81. The van der Waals surface area contributed by atoms with Crippen LogP contribution in [0.1, 0.15) is 35.9 Å². The highest BCUT2D eigenvalue weighted by atomic mass is 19.1. The zero-order chi connectivity index (χ0) is 14.0. The number of nitrogens with zero attached hydrogens (tertiary/aromatic N) is 2. The van der Waals surface area contributed by atoms with E-state index in [1.165, 1.54) is 31.5 Å². The Balaban J connectivity index is 2.51. The van der Waals surface area contributed by atoms with Crippen molar-refractivity contribution in [1.29, 1.82) is 0 Å². The summed E-state index contributed by atoms with van der Waals surface area (Å²) in [5.74, 6) is -0.356. The third kappa shape index (κ3) is 2.50. The molecular weight excluding hydrogens is 247 g/mol. The van der Waals surface area contributed by atoms with E-state index in [1.807, 2.05) is 13.8 Å². The van der Waals surface area contributed by atoms with Gasteiger partial charge in [0.25, 0.3) is 0 Å². The molecule has 100 valence electrons. The van der Waals surface area contributed by atoms with Crippen molar-refractivity contribution in [3.63, 3.8) is 0 Å². The van der Waals surface area contributed by atoms with E-state index in [0.717, 1.165) is 0 Å². The Kier molecular flexibility index (Phi) is 3.64. The number of methoxy groups -OCH3 is 1. The van der Waals surface area contributed by atoms with Gasteiger partial charge < -0.3 is 4.74 Å². The lowest BCUT2D eigenvalue weighted by molar-refractivity contribution is 0.102. The summed E-state index contributed by atoms with van der Waals surface area (Å²) in [6, 6.07) is 5.59. The Hall–Kier alpha value is -2.17. The van der Waals surface area contributed by atoms with Crippen LogP contribution in [-0.4, -0.2) is 22.7 Å². The first-order valence-electron chi connectivity index (χ1n) is 5.96. The van der Waals surface area contributed by atoms with Gasteiger partial charge in [0, 0.05) is 11.6 Å². The third-order valence-corrected chi connectivity index (χ3v) is 2.77. The number of halogens is 1. The Labute approximate surface area is 110 Å². The summed E-state index contributed by atoms with van der Waals surface area (Å²) in [5.41, 5.74) is 0.615. The summed E-state index contributed by atoms with van der Waals surface area (Å²) < 4.78 is 19.9. The number of rotatable bonds is 4. The lowest BCUT2D eigenvalue weighted by Crippen LogP contribution is -2.14. The topological polar surface area (TPSA) is 44.1 Å². The van der Waals surface area contributed by atoms with E-state index in [1.54, 1.807) is 10.7 Å². The maximum Gasteiger partial charge on any atom is 0.214 e. The summed E-state index contributed by atoms with van der Waals surface area (Å²) in [5, 5.41) is 4.13. The first-order valence-corrected chi connectivity index (χ1v) is 5.96. The molecule has 0 fully saturated rings. The molecule has 0 radical (unpaired) electrons. The first kappa shape index (κ1) is 13.3. The van der Waals surface area contributed by atoms with E-state index in [-0.39, 0.29) is 17.4 Å². The second-order valence-corrected chi connectivity index (χ2v) is 4.44. The fourth-order valence-electron chi connectivity index (χ4n) is 1.87. The Morgan fingerprint density at radius 1 is 1.42 bits per heavy atom. The molecule has 4 nitrogen and oxygen atoms in total. The van der Waals surface area contributed by atoms with Crippen LogP contribution in [0.4, 0.5) is 4.39 Å². The van der Waals surface area contributed by atoms with Gasteiger partial charge in [-0.3, -0.25) is 9.48 Å². The van der Waals surface area contributed by atoms with E-state index in [2.05, 4.69) is 5.10 Å². The highest BCUT2D eigenvalue weighted by Crippen LogP contribution is 2.24.